The van der Waals surface area contributed by atoms with Crippen LogP contribution in [0.3, 0.4) is 0 Å². The number of fused-ring (bicyclic) bond motifs is 1. The van der Waals surface area contributed by atoms with E-state index in [2.05, 4.69) is 34.9 Å². The Morgan fingerprint density at radius 3 is 2.95 bits per heavy atom. The average Bonchev–Trinajstić information content (AvgIpc) is 3.28. The maximum atomic E-state index is 11.5. The maximum absolute atomic E-state index is 11.5. The molecule has 1 amide bonds. The van der Waals surface area contributed by atoms with Crippen LogP contribution in [-0.2, 0) is 10.5 Å². The molecule has 1 atom stereocenters. The lowest BCUT2D eigenvalue weighted by Gasteiger charge is -2.26. The standard InChI is InChI=1S/C15H20N2OS/c18-15(11-5-6-11)17-8-7-16-14-10-19-9-12-3-1-2-4-13(12)14/h1-4,11,14,16H,5-10H2,(H,17,18). The van der Waals surface area contributed by atoms with E-state index in [0.29, 0.717) is 12.0 Å². The molecule has 1 fully saturated rings. The van der Waals surface area contributed by atoms with Gasteiger partial charge in [0, 0.05) is 36.6 Å². The van der Waals surface area contributed by atoms with Gasteiger partial charge in [-0.25, -0.2) is 0 Å². The van der Waals surface area contributed by atoms with Crippen molar-refractivity contribution in [2.24, 2.45) is 5.92 Å². The van der Waals surface area contributed by atoms with Crippen LogP contribution in [0.5, 0.6) is 0 Å². The van der Waals surface area contributed by atoms with Crippen LogP contribution >= 0.6 is 11.8 Å². The van der Waals surface area contributed by atoms with Crippen molar-refractivity contribution in [1.82, 2.24) is 10.6 Å². The highest BCUT2D eigenvalue weighted by molar-refractivity contribution is 7.98. The summed E-state index contributed by atoms with van der Waals surface area (Å²) in [5.74, 6) is 2.78. The molecule has 1 aromatic carbocycles. The number of carbonyl (C=O) groups is 1. The Morgan fingerprint density at radius 1 is 1.26 bits per heavy atom. The third kappa shape index (κ3) is 3.31. The summed E-state index contributed by atoms with van der Waals surface area (Å²) in [5.41, 5.74) is 2.87. The zero-order valence-corrected chi connectivity index (χ0v) is 11.8. The van der Waals surface area contributed by atoms with Crippen LogP contribution in [0.4, 0.5) is 0 Å². The van der Waals surface area contributed by atoms with E-state index in [0.717, 1.165) is 37.4 Å². The van der Waals surface area contributed by atoms with E-state index in [4.69, 9.17) is 0 Å². The van der Waals surface area contributed by atoms with Gasteiger partial charge in [0.15, 0.2) is 0 Å². The lowest BCUT2D eigenvalue weighted by Crippen LogP contribution is -2.35. The fourth-order valence-electron chi connectivity index (χ4n) is 2.47. The summed E-state index contributed by atoms with van der Waals surface area (Å²) in [7, 11) is 0. The summed E-state index contributed by atoms with van der Waals surface area (Å²) in [4.78, 5) is 11.5. The van der Waals surface area contributed by atoms with Gasteiger partial charge in [-0.05, 0) is 24.0 Å². The number of thioether (sulfide) groups is 1. The van der Waals surface area contributed by atoms with Crippen molar-refractivity contribution >= 4 is 17.7 Å². The van der Waals surface area contributed by atoms with Crippen LogP contribution in [-0.4, -0.2) is 24.7 Å². The largest absolute Gasteiger partial charge is 0.355 e. The van der Waals surface area contributed by atoms with Gasteiger partial charge in [0.25, 0.3) is 0 Å². The number of hydrogen-bond acceptors (Lipinski definition) is 3. The van der Waals surface area contributed by atoms with E-state index in [1.807, 2.05) is 11.8 Å². The smallest absolute Gasteiger partial charge is 0.223 e. The van der Waals surface area contributed by atoms with Gasteiger partial charge in [0.1, 0.15) is 0 Å². The second-order valence-electron chi connectivity index (χ2n) is 5.29. The molecular formula is C15H20N2OS. The van der Waals surface area contributed by atoms with Crippen molar-refractivity contribution in [3.8, 4) is 0 Å². The molecule has 1 aromatic rings. The maximum Gasteiger partial charge on any atom is 0.223 e. The van der Waals surface area contributed by atoms with Gasteiger partial charge in [0.05, 0.1) is 0 Å². The molecule has 0 saturated heterocycles. The van der Waals surface area contributed by atoms with E-state index in [-0.39, 0.29) is 5.91 Å². The quantitative estimate of drug-likeness (QED) is 0.809. The van der Waals surface area contributed by atoms with Gasteiger partial charge in [-0.2, -0.15) is 11.8 Å². The van der Waals surface area contributed by atoms with E-state index < -0.39 is 0 Å². The number of rotatable bonds is 5. The van der Waals surface area contributed by atoms with Crippen LogP contribution in [0.15, 0.2) is 24.3 Å². The number of hydrogen-bond donors (Lipinski definition) is 2. The second-order valence-corrected chi connectivity index (χ2v) is 6.32. The molecule has 3 rings (SSSR count). The highest BCUT2D eigenvalue weighted by Gasteiger charge is 2.29. The summed E-state index contributed by atoms with van der Waals surface area (Å²) < 4.78 is 0. The number of amides is 1. The van der Waals surface area contributed by atoms with Crippen molar-refractivity contribution in [2.45, 2.75) is 24.6 Å². The molecule has 1 aliphatic heterocycles. The van der Waals surface area contributed by atoms with Gasteiger partial charge in [-0.1, -0.05) is 24.3 Å². The van der Waals surface area contributed by atoms with E-state index in [1.54, 1.807) is 0 Å². The predicted octanol–water partition coefficient (Wildman–Crippen LogP) is 2.09. The van der Waals surface area contributed by atoms with Crippen molar-refractivity contribution in [3.63, 3.8) is 0 Å². The topological polar surface area (TPSA) is 41.1 Å². The van der Waals surface area contributed by atoms with Crippen LogP contribution in [0.1, 0.15) is 30.0 Å². The minimum Gasteiger partial charge on any atom is -0.355 e. The van der Waals surface area contributed by atoms with Crippen LogP contribution in [0.2, 0.25) is 0 Å². The Hall–Kier alpha value is -1.00. The predicted molar refractivity (Wildman–Crippen MR) is 79.1 cm³/mol. The lowest BCUT2D eigenvalue weighted by atomic mass is 10.0. The summed E-state index contributed by atoms with van der Waals surface area (Å²) in [6, 6.07) is 9.07. The molecule has 19 heavy (non-hydrogen) atoms. The van der Waals surface area contributed by atoms with Gasteiger partial charge in [0.2, 0.25) is 5.91 Å². The third-order valence-corrected chi connectivity index (χ3v) is 4.82. The van der Waals surface area contributed by atoms with Crippen LogP contribution in [0.25, 0.3) is 0 Å². The first-order valence-corrected chi connectivity index (χ1v) is 8.16. The normalized spacial score (nSPS) is 21.8. The molecule has 3 nitrogen and oxygen atoms in total. The van der Waals surface area contributed by atoms with E-state index >= 15 is 0 Å². The zero-order valence-electron chi connectivity index (χ0n) is 11.0. The Morgan fingerprint density at radius 2 is 2.11 bits per heavy atom. The SMILES string of the molecule is O=C(NCCNC1CSCc2ccccc21)C1CC1. The summed E-state index contributed by atoms with van der Waals surface area (Å²) in [6.45, 7) is 1.58. The minimum atomic E-state index is 0.236. The molecule has 1 heterocycles. The Kier molecular flexibility index (Phi) is 4.09. The average molecular weight is 276 g/mol. The molecular weight excluding hydrogens is 256 g/mol. The highest BCUT2D eigenvalue weighted by atomic mass is 32.2. The van der Waals surface area contributed by atoms with E-state index in [1.165, 1.54) is 11.1 Å². The second kappa shape index (κ2) is 5.97. The van der Waals surface area contributed by atoms with Gasteiger partial charge < -0.3 is 10.6 Å². The van der Waals surface area contributed by atoms with Gasteiger partial charge >= 0.3 is 0 Å². The van der Waals surface area contributed by atoms with Crippen molar-refractivity contribution in [2.75, 3.05) is 18.8 Å². The van der Waals surface area contributed by atoms with Crippen molar-refractivity contribution in [3.05, 3.63) is 35.4 Å². The molecule has 0 spiro atoms. The molecule has 1 aliphatic carbocycles. The zero-order chi connectivity index (χ0) is 13.1. The Balaban J connectivity index is 1.46. The first-order valence-electron chi connectivity index (χ1n) is 7.01. The van der Waals surface area contributed by atoms with Crippen LogP contribution in [0, 0.1) is 5.92 Å². The molecule has 1 unspecified atom stereocenters. The Labute approximate surface area is 118 Å². The van der Waals surface area contributed by atoms with Crippen molar-refractivity contribution in [1.29, 1.82) is 0 Å². The molecule has 102 valence electrons. The molecule has 2 aliphatic rings. The summed E-state index contributed by atoms with van der Waals surface area (Å²) in [5, 5.41) is 6.56. The fraction of sp³-hybridized carbons (Fsp3) is 0.533. The molecule has 0 bridgehead atoms. The fourth-order valence-corrected chi connectivity index (χ4v) is 3.61. The highest BCUT2D eigenvalue weighted by Crippen LogP contribution is 2.31. The molecule has 0 radical (unpaired) electrons. The number of carbonyl (C=O) groups excluding carboxylic acids is 1. The first-order chi connectivity index (χ1) is 9.34. The van der Waals surface area contributed by atoms with E-state index in [9.17, 15) is 4.79 Å². The Bertz CT molecular complexity index is 459. The summed E-state index contributed by atoms with van der Waals surface area (Å²) in [6.07, 6.45) is 2.15. The monoisotopic (exact) mass is 276 g/mol. The molecule has 4 heteroatoms. The summed E-state index contributed by atoms with van der Waals surface area (Å²) >= 11 is 1.98. The lowest BCUT2D eigenvalue weighted by molar-refractivity contribution is -0.122. The first kappa shape index (κ1) is 13.0. The third-order valence-electron chi connectivity index (χ3n) is 3.74. The van der Waals surface area contributed by atoms with Gasteiger partial charge in [-0.3, -0.25) is 4.79 Å². The number of nitrogens with one attached hydrogen (secondary N) is 2. The molecule has 2 N–H and O–H groups in total. The minimum absolute atomic E-state index is 0.236. The number of benzene rings is 1. The van der Waals surface area contributed by atoms with Gasteiger partial charge in [-0.15, -0.1) is 0 Å². The van der Waals surface area contributed by atoms with Crippen LogP contribution < -0.4 is 10.6 Å². The molecule has 1 saturated carbocycles. The van der Waals surface area contributed by atoms with Crippen molar-refractivity contribution < 1.29 is 4.79 Å². The molecule has 0 aromatic heterocycles.